The summed E-state index contributed by atoms with van der Waals surface area (Å²) in [6.45, 7) is 12.7. The summed E-state index contributed by atoms with van der Waals surface area (Å²) in [5.41, 5.74) is 1.70. The number of nitrogens with one attached hydrogen (secondary N) is 1. The second-order valence-electron chi connectivity index (χ2n) is 6.73. The Labute approximate surface area is 143 Å². The standard InChI is InChI=1S/C18H29IN2/c1-5-14(3)17-12-21(18(4,6-2)13-20-17)11-15-7-9-16(19)10-8-15/h7-10,14,17,20H,5-6,11-13H2,1-4H3. The van der Waals surface area contributed by atoms with Crippen LogP contribution >= 0.6 is 22.6 Å². The van der Waals surface area contributed by atoms with Gasteiger partial charge in [0.25, 0.3) is 0 Å². The predicted molar refractivity (Wildman–Crippen MR) is 99.5 cm³/mol. The molecule has 3 atom stereocenters. The van der Waals surface area contributed by atoms with E-state index in [-0.39, 0.29) is 5.54 Å². The first-order valence-corrected chi connectivity index (χ1v) is 9.29. The van der Waals surface area contributed by atoms with Gasteiger partial charge in [-0.15, -0.1) is 0 Å². The van der Waals surface area contributed by atoms with Gasteiger partial charge in [-0.3, -0.25) is 4.90 Å². The van der Waals surface area contributed by atoms with Gasteiger partial charge in [0.05, 0.1) is 0 Å². The van der Waals surface area contributed by atoms with Gasteiger partial charge in [-0.1, -0.05) is 39.3 Å². The van der Waals surface area contributed by atoms with Crippen LogP contribution < -0.4 is 5.32 Å². The van der Waals surface area contributed by atoms with Crippen molar-refractivity contribution in [2.45, 2.75) is 58.7 Å². The first-order chi connectivity index (χ1) is 9.98. The topological polar surface area (TPSA) is 15.3 Å². The van der Waals surface area contributed by atoms with Crippen molar-refractivity contribution in [3.63, 3.8) is 0 Å². The lowest BCUT2D eigenvalue weighted by Gasteiger charge is -2.49. The number of nitrogens with zero attached hydrogens (tertiary/aromatic N) is 1. The molecular formula is C18H29IN2. The Kier molecular flexibility index (Phi) is 6.09. The first kappa shape index (κ1) is 17.2. The lowest BCUT2D eigenvalue weighted by Crippen LogP contribution is -2.63. The fourth-order valence-corrected chi connectivity index (χ4v) is 3.42. The summed E-state index contributed by atoms with van der Waals surface area (Å²) in [6, 6.07) is 9.61. The lowest BCUT2D eigenvalue weighted by molar-refractivity contribution is 0.0294. The minimum Gasteiger partial charge on any atom is -0.311 e. The smallest absolute Gasteiger partial charge is 0.0307 e. The third-order valence-electron chi connectivity index (χ3n) is 5.30. The molecule has 3 heteroatoms. The van der Waals surface area contributed by atoms with Crippen molar-refractivity contribution in [2.24, 2.45) is 5.92 Å². The van der Waals surface area contributed by atoms with Gasteiger partial charge in [0.15, 0.2) is 0 Å². The number of rotatable bonds is 5. The molecule has 0 bridgehead atoms. The van der Waals surface area contributed by atoms with E-state index in [9.17, 15) is 0 Å². The van der Waals surface area contributed by atoms with Crippen LogP contribution in [0.4, 0.5) is 0 Å². The Balaban J connectivity index is 2.12. The fraction of sp³-hybridized carbons (Fsp3) is 0.667. The van der Waals surface area contributed by atoms with Crippen LogP contribution in [0.25, 0.3) is 0 Å². The van der Waals surface area contributed by atoms with Gasteiger partial charge in [0.2, 0.25) is 0 Å². The van der Waals surface area contributed by atoms with Crippen molar-refractivity contribution >= 4 is 22.6 Å². The average Bonchev–Trinajstić information content (AvgIpc) is 2.51. The Hall–Kier alpha value is -0.130. The van der Waals surface area contributed by atoms with Crippen LogP contribution in [0.1, 0.15) is 46.1 Å². The van der Waals surface area contributed by atoms with Crippen LogP contribution in [0.3, 0.4) is 0 Å². The van der Waals surface area contributed by atoms with Gasteiger partial charge < -0.3 is 5.32 Å². The highest BCUT2D eigenvalue weighted by Gasteiger charge is 2.37. The Morgan fingerprint density at radius 2 is 2.00 bits per heavy atom. The monoisotopic (exact) mass is 400 g/mol. The normalized spacial score (nSPS) is 28.5. The summed E-state index contributed by atoms with van der Waals surface area (Å²) < 4.78 is 1.31. The molecule has 0 amide bonds. The van der Waals surface area contributed by atoms with E-state index in [1.807, 2.05) is 0 Å². The van der Waals surface area contributed by atoms with E-state index < -0.39 is 0 Å². The molecular weight excluding hydrogens is 371 g/mol. The number of benzene rings is 1. The Morgan fingerprint density at radius 1 is 1.33 bits per heavy atom. The molecule has 0 aromatic heterocycles. The zero-order valence-electron chi connectivity index (χ0n) is 13.8. The van der Waals surface area contributed by atoms with Gasteiger partial charge in [-0.2, -0.15) is 0 Å². The fourth-order valence-electron chi connectivity index (χ4n) is 3.07. The van der Waals surface area contributed by atoms with E-state index in [0.29, 0.717) is 6.04 Å². The van der Waals surface area contributed by atoms with Crippen LogP contribution in [-0.4, -0.2) is 29.6 Å². The van der Waals surface area contributed by atoms with Crippen molar-refractivity contribution in [3.05, 3.63) is 33.4 Å². The van der Waals surface area contributed by atoms with Gasteiger partial charge in [-0.25, -0.2) is 0 Å². The zero-order valence-corrected chi connectivity index (χ0v) is 16.0. The van der Waals surface area contributed by atoms with Crippen molar-refractivity contribution < 1.29 is 0 Å². The highest BCUT2D eigenvalue weighted by atomic mass is 127. The minimum atomic E-state index is 0.271. The number of hydrogen-bond acceptors (Lipinski definition) is 2. The summed E-state index contributed by atoms with van der Waals surface area (Å²) in [4.78, 5) is 2.70. The van der Waals surface area contributed by atoms with Crippen molar-refractivity contribution in [2.75, 3.05) is 13.1 Å². The van der Waals surface area contributed by atoms with E-state index in [1.165, 1.54) is 22.0 Å². The maximum atomic E-state index is 3.79. The molecule has 0 saturated carbocycles. The molecule has 1 aliphatic heterocycles. The van der Waals surface area contributed by atoms with Crippen LogP contribution in [0.15, 0.2) is 24.3 Å². The minimum absolute atomic E-state index is 0.271. The summed E-state index contributed by atoms with van der Waals surface area (Å²) in [7, 11) is 0. The SMILES string of the molecule is CCC(C)C1CN(Cc2ccc(I)cc2)C(C)(CC)CN1. The summed E-state index contributed by atoms with van der Waals surface area (Å²) in [5, 5.41) is 3.79. The molecule has 0 radical (unpaired) electrons. The Bertz CT molecular complexity index is 445. The first-order valence-electron chi connectivity index (χ1n) is 8.21. The van der Waals surface area contributed by atoms with Crippen LogP contribution in [0.5, 0.6) is 0 Å². The third kappa shape index (κ3) is 4.20. The Morgan fingerprint density at radius 3 is 2.57 bits per heavy atom. The largest absolute Gasteiger partial charge is 0.311 e. The molecule has 1 aliphatic rings. The van der Waals surface area contributed by atoms with Crippen LogP contribution in [-0.2, 0) is 6.54 Å². The molecule has 1 fully saturated rings. The van der Waals surface area contributed by atoms with E-state index in [4.69, 9.17) is 0 Å². The molecule has 21 heavy (non-hydrogen) atoms. The highest BCUT2D eigenvalue weighted by molar-refractivity contribution is 14.1. The molecule has 118 valence electrons. The molecule has 1 saturated heterocycles. The molecule has 2 rings (SSSR count). The number of halogens is 1. The van der Waals surface area contributed by atoms with E-state index >= 15 is 0 Å². The number of hydrogen-bond donors (Lipinski definition) is 1. The molecule has 1 aromatic carbocycles. The van der Waals surface area contributed by atoms with Crippen LogP contribution in [0.2, 0.25) is 0 Å². The predicted octanol–water partition coefficient (Wildman–Crippen LogP) is 4.28. The quantitative estimate of drug-likeness (QED) is 0.743. The van der Waals surface area contributed by atoms with Gasteiger partial charge >= 0.3 is 0 Å². The molecule has 0 aliphatic carbocycles. The highest BCUT2D eigenvalue weighted by Crippen LogP contribution is 2.27. The second-order valence-corrected chi connectivity index (χ2v) is 7.98. The molecule has 1 N–H and O–H groups in total. The van der Waals surface area contributed by atoms with Crippen molar-refractivity contribution in [3.8, 4) is 0 Å². The summed E-state index contributed by atoms with van der Waals surface area (Å²) in [6.07, 6.45) is 2.44. The van der Waals surface area contributed by atoms with Gasteiger partial charge in [-0.05, 0) is 59.5 Å². The molecule has 0 spiro atoms. The molecule has 2 nitrogen and oxygen atoms in total. The zero-order chi connectivity index (χ0) is 15.5. The molecule has 1 aromatic rings. The number of piperazine rings is 1. The van der Waals surface area contributed by atoms with E-state index in [2.05, 4.69) is 84.8 Å². The molecule has 1 heterocycles. The third-order valence-corrected chi connectivity index (χ3v) is 6.02. The van der Waals surface area contributed by atoms with Crippen molar-refractivity contribution in [1.29, 1.82) is 0 Å². The van der Waals surface area contributed by atoms with Crippen LogP contribution in [0, 0.1) is 9.49 Å². The summed E-state index contributed by atoms with van der Waals surface area (Å²) >= 11 is 2.37. The van der Waals surface area contributed by atoms with Gasteiger partial charge in [0.1, 0.15) is 0 Å². The maximum Gasteiger partial charge on any atom is 0.0307 e. The van der Waals surface area contributed by atoms with E-state index in [1.54, 1.807) is 0 Å². The lowest BCUT2D eigenvalue weighted by atomic mass is 9.87. The molecule has 3 unspecified atom stereocenters. The van der Waals surface area contributed by atoms with E-state index in [0.717, 1.165) is 25.6 Å². The summed E-state index contributed by atoms with van der Waals surface area (Å²) in [5.74, 6) is 0.741. The van der Waals surface area contributed by atoms with Crippen molar-refractivity contribution in [1.82, 2.24) is 10.2 Å². The second kappa shape index (κ2) is 7.42. The average molecular weight is 400 g/mol. The maximum absolute atomic E-state index is 3.79. The van der Waals surface area contributed by atoms with Gasteiger partial charge in [0, 0.05) is 34.8 Å².